The molecule has 0 fully saturated rings. The normalized spacial score (nSPS) is 11.8. The molecule has 0 saturated heterocycles. The lowest BCUT2D eigenvalue weighted by atomic mass is 10.2. The predicted octanol–water partition coefficient (Wildman–Crippen LogP) is 2.57. The molecule has 1 N–H and O–H groups in total. The fourth-order valence-corrected chi connectivity index (χ4v) is 3.47. The third-order valence-electron chi connectivity index (χ3n) is 3.80. The molecule has 0 radical (unpaired) electrons. The first-order chi connectivity index (χ1) is 9.78. The van der Waals surface area contributed by atoms with Gasteiger partial charge in [0.15, 0.2) is 0 Å². The van der Waals surface area contributed by atoms with Crippen LogP contribution in [-0.4, -0.2) is 13.0 Å². The molecule has 0 amide bonds. The minimum atomic E-state index is -3.33. The van der Waals surface area contributed by atoms with E-state index in [4.69, 9.17) is 0 Å². The highest BCUT2D eigenvalue weighted by atomic mass is 32.2. The Kier molecular flexibility index (Phi) is 4.54. The first-order valence-electron chi connectivity index (χ1n) is 6.93. The molecule has 21 heavy (non-hydrogen) atoms. The zero-order chi connectivity index (χ0) is 15.6. The standard InChI is InChI=1S/C16H22N2O2S/c1-12-6-5-7-15(8-12)11-21(19,20)17-10-16-9-13(2)18(4)14(16)3/h5-9,17H,10-11H2,1-4H3. The minimum absolute atomic E-state index is 0.0134. The van der Waals surface area contributed by atoms with Gasteiger partial charge in [0.25, 0.3) is 0 Å². The summed E-state index contributed by atoms with van der Waals surface area (Å²) in [5, 5.41) is 0. The second-order valence-corrected chi connectivity index (χ2v) is 7.33. The van der Waals surface area contributed by atoms with Crippen molar-refractivity contribution in [3.8, 4) is 0 Å². The summed E-state index contributed by atoms with van der Waals surface area (Å²) < 4.78 is 29.1. The summed E-state index contributed by atoms with van der Waals surface area (Å²) in [5.41, 5.74) is 5.11. The van der Waals surface area contributed by atoms with Crippen molar-refractivity contribution in [2.24, 2.45) is 7.05 Å². The molecule has 114 valence electrons. The van der Waals surface area contributed by atoms with E-state index in [9.17, 15) is 8.42 Å². The molecule has 5 heteroatoms. The van der Waals surface area contributed by atoms with Gasteiger partial charge in [-0.3, -0.25) is 0 Å². The lowest BCUT2D eigenvalue weighted by molar-refractivity contribution is 0.580. The van der Waals surface area contributed by atoms with Crippen molar-refractivity contribution in [1.29, 1.82) is 0 Å². The first-order valence-corrected chi connectivity index (χ1v) is 8.58. The molecule has 0 spiro atoms. The quantitative estimate of drug-likeness (QED) is 0.923. The molecule has 0 aliphatic heterocycles. The van der Waals surface area contributed by atoms with Crippen molar-refractivity contribution < 1.29 is 8.42 Å². The van der Waals surface area contributed by atoms with E-state index in [-0.39, 0.29) is 5.75 Å². The van der Waals surface area contributed by atoms with E-state index in [0.717, 1.165) is 28.1 Å². The maximum Gasteiger partial charge on any atom is 0.216 e. The molecule has 1 heterocycles. The summed E-state index contributed by atoms with van der Waals surface area (Å²) in [7, 11) is -1.35. The number of rotatable bonds is 5. The van der Waals surface area contributed by atoms with Gasteiger partial charge in [0.05, 0.1) is 5.75 Å². The van der Waals surface area contributed by atoms with Crippen LogP contribution in [0, 0.1) is 20.8 Å². The largest absolute Gasteiger partial charge is 0.352 e. The summed E-state index contributed by atoms with van der Waals surface area (Å²) in [6.07, 6.45) is 0. The molecule has 2 rings (SSSR count). The second-order valence-electron chi connectivity index (χ2n) is 5.52. The monoisotopic (exact) mass is 306 g/mol. The number of hydrogen-bond acceptors (Lipinski definition) is 2. The maximum atomic E-state index is 12.2. The van der Waals surface area contributed by atoms with Crippen LogP contribution in [0.25, 0.3) is 0 Å². The zero-order valence-electron chi connectivity index (χ0n) is 13.0. The van der Waals surface area contributed by atoms with Gasteiger partial charge in [-0.25, -0.2) is 13.1 Å². The molecule has 2 aromatic rings. The number of sulfonamides is 1. The van der Waals surface area contributed by atoms with Crippen molar-refractivity contribution in [2.75, 3.05) is 0 Å². The number of benzene rings is 1. The number of hydrogen-bond donors (Lipinski definition) is 1. The molecule has 4 nitrogen and oxygen atoms in total. The molecule has 1 aromatic heterocycles. The SMILES string of the molecule is Cc1cccc(CS(=O)(=O)NCc2cc(C)n(C)c2C)c1. The summed E-state index contributed by atoms with van der Waals surface area (Å²) in [6, 6.07) is 9.59. The lowest BCUT2D eigenvalue weighted by Crippen LogP contribution is -2.25. The van der Waals surface area contributed by atoms with Gasteiger partial charge in [0.2, 0.25) is 10.0 Å². The highest BCUT2D eigenvalue weighted by Crippen LogP contribution is 2.14. The van der Waals surface area contributed by atoms with Crippen LogP contribution in [0.1, 0.15) is 28.1 Å². The van der Waals surface area contributed by atoms with Gasteiger partial charge in [0, 0.05) is 25.0 Å². The maximum absolute atomic E-state index is 12.2. The van der Waals surface area contributed by atoms with Gasteiger partial charge in [-0.1, -0.05) is 29.8 Å². The Balaban J connectivity index is 2.06. The zero-order valence-corrected chi connectivity index (χ0v) is 13.8. The van der Waals surface area contributed by atoms with Crippen molar-refractivity contribution in [1.82, 2.24) is 9.29 Å². The average molecular weight is 306 g/mol. The van der Waals surface area contributed by atoms with Gasteiger partial charge in [-0.05, 0) is 38.0 Å². The van der Waals surface area contributed by atoms with E-state index in [1.54, 1.807) is 0 Å². The minimum Gasteiger partial charge on any atom is -0.352 e. The summed E-state index contributed by atoms with van der Waals surface area (Å²) in [4.78, 5) is 0. The molecule has 0 unspecified atom stereocenters. The third kappa shape index (κ3) is 3.95. The molecule has 0 bridgehead atoms. The Hall–Kier alpha value is -1.59. The van der Waals surface area contributed by atoms with E-state index in [0.29, 0.717) is 6.54 Å². The summed E-state index contributed by atoms with van der Waals surface area (Å²) in [5.74, 6) is 0.0134. The lowest BCUT2D eigenvalue weighted by Gasteiger charge is -2.08. The molecular formula is C16H22N2O2S. The van der Waals surface area contributed by atoms with Crippen molar-refractivity contribution in [2.45, 2.75) is 33.1 Å². The van der Waals surface area contributed by atoms with Crippen molar-refractivity contribution in [3.05, 3.63) is 58.4 Å². The van der Waals surface area contributed by atoms with Gasteiger partial charge in [0.1, 0.15) is 0 Å². The molecule has 0 aliphatic carbocycles. The fraction of sp³-hybridized carbons (Fsp3) is 0.375. The topological polar surface area (TPSA) is 51.1 Å². The second kappa shape index (κ2) is 6.03. The third-order valence-corrected chi connectivity index (χ3v) is 5.10. The predicted molar refractivity (Wildman–Crippen MR) is 85.5 cm³/mol. The van der Waals surface area contributed by atoms with E-state index < -0.39 is 10.0 Å². The van der Waals surface area contributed by atoms with E-state index >= 15 is 0 Å². The van der Waals surface area contributed by atoms with Crippen molar-refractivity contribution >= 4 is 10.0 Å². The van der Waals surface area contributed by atoms with Crippen LogP contribution in [0.4, 0.5) is 0 Å². The van der Waals surface area contributed by atoms with Crippen LogP contribution in [-0.2, 0) is 29.4 Å². The fourth-order valence-electron chi connectivity index (χ4n) is 2.37. The molecule has 0 saturated carbocycles. The van der Waals surface area contributed by atoms with Crippen LogP contribution >= 0.6 is 0 Å². The molecule has 0 aliphatic rings. The van der Waals surface area contributed by atoms with Crippen molar-refractivity contribution in [3.63, 3.8) is 0 Å². The van der Waals surface area contributed by atoms with E-state index in [1.807, 2.05) is 58.2 Å². The first kappa shape index (κ1) is 15.8. The van der Waals surface area contributed by atoms with Crippen LogP contribution in [0.5, 0.6) is 0 Å². The van der Waals surface area contributed by atoms with Gasteiger partial charge >= 0.3 is 0 Å². The van der Waals surface area contributed by atoms with Crippen LogP contribution in [0.15, 0.2) is 30.3 Å². The van der Waals surface area contributed by atoms with Gasteiger partial charge in [-0.2, -0.15) is 0 Å². The Labute approximate surface area is 126 Å². The van der Waals surface area contributed by atoms with E-state index in [2.05, 4.69) is 9.29 Å². The van der Waals surface area contributed by atoms with Crippen LogP contribution < -0.4 is 4.72 Å². The molecule has 1 aromatic carbocycles. The number of nitrogens with one attached hydrogen (secondary N) is 1. The average Bonchev–Trinajstić information content (AvgIpc) is 2.63. The summed E-state index contributed by atoms with van der Waals surface area (Å²) >= 11 is 0. The molecule has 0 atom stereocenters. The number of aromatic nitrogens is 1. The molecular weight excluding hydrogens is 284 g/mol. The van der Waals surface area contributed by atoms with Crippen LogP contribution in [0.2, 0.25) is 0 Å². The van der Waals surface area contributed by atoms with Gasteiger partial charge in [-0.15, -0.1) is 0 Å². The number of nitrogens with zero attached hydrogens (tertiary/aromatic N) is 1. The van der Waals surface area contributed by atoms with Crippen LogP contribution in [0.3, 0.4) is 0 Å². The summed E-state index contributed by atoms with van der Waals surface area (Å²) in [6.45, 7) is 6.30. The Morgan fingerprint density at radius 1 is 1.14 bits per heavy atom. The van der Waals surface area contributed by atoms with E-state index in [1.165, 1.54) is 0 Å². The highest BCUT2D eigenvalue weighted by molar-refractivity contribution is 7.88. The number of aryl methyl sites for hydroxylation is 2. The Bertz CT molecular complexity index is 746. The Morgan fingerprint density at radius 3 is 2.43 bits per heavy atom. The van der Waals surface area contributed by atoms with Gasteiger partial charge < -0.3 is 4.57 Å². The Morgan fingerprint density at radius 2 is 1.86 bits per heavy atom. The smallest absolute Gasteiger partial charge is 0.216 e. The highest BCUT2D eigenvalue weighted by Gasteiger charge is 2.13.